The molecule has 6 heteroatoms. The van der Waals surface area contributed by atoms with Gasteiger partial charge in [-0.05, 0) is 39.0 Å². The standard InChI is InChI=1S/C11H18N2O3S/c1-11(2,3)17(14,15)13-8-5-6-10(16-4)9(12)7-8/h5-7,13H,12H2,1-4H3. The Labute approximate surface area is 102 Å². The second-order valence-corrected chi connectivity index (χ2v) is 7.11. The molecule has 0 saturated carbocycles. The van der Waals surface area contributed by atoms with Gasteiger partial charge in [-0.1, -0.05) is 0 Å². The number of methoxy groups -OCH3 is 1. The van der Waals surface area contributed by atoms with Crippen LogP contribution in [0.15, 0.2) is 18.2 Å². The molecule has 17 heavy (non-hydrogen) atoms. The molecule has 0 fully saturated rings. The molecule has 0 aliphatic rings. The van der Waals surface area contributed by atoms with Crippen molar-refractivity contribution in [3.05, 3.63) is 18.2 Å². The molecule has 0 radical (unpaired) electrons. The third-order valence-electron chi connectivity index (χ3n) is 2.29. The first kappa shape index (κ1) is 13.6. The number of nitrogen functional groups attached to an aromatic ring is 1. The summed E-state index contributed by atoms with van der Waals surface area (Å²) in [6, 6.07) is 4.76. The molecule has 1 aromatic rings. The van der Waals surface area contributed by atoms with E-state index in [9.17, 15) is 8.42 Å². The molecule has 0 aromatic heterocycles. The van der Waals surface area contributed by atoms with Gasteiger partial charge in [0.25, 0.3) is 0 Å². The predicted molar refractivity (Wildman–Crippen MR) is 69.7 cm³/mol. The van der Waals surface area contributed by atoms with E-state index in [0.29, 0.717) is 17.1 Å². The lowest BCUT2D eigenvalue weighted by Gasteiger charge is -2.20. The summed E-state index contributed by atoms with van der Waals surface area (Å²) in [5.41, 5.74) is 6.52. The molecule has 0 heterocycles. The molecule has 5 nitrogen and oxygen atoms in total. The van der Waals surface area contributed by atoms with E-state index >= 15 is 0 Å². The fourth-order valence-corrected chi connectivity index (χ4v) is 1.85. The van der Waals surface area contributed by atoms with Crippen molar-refractivity contribution in [1.82, 2.24) is 0 Å². The number of rotatable bonds is 3. The van der Waals surface area contributed by atoms with E-state index in [1.54, 1.807) is 32.9 Å². The van der Waals surface area contributed by atoms with E-state index in [2.05, 4.69) is 4.72 Å². The minimum atomic E-state index is -3.43. The van der Waals surface area contributed by atoms with Gasteiger partial charge in [-0.25, -0.2) is 8.42 Å². The summed E-state index contributed by atoms with van der Waals surface area (Å²) in [5, 5.41) is 0. The Bertz CT molecular complexity index is 504. The summed E-state index contributed by atoms with van der Waals surface area (Å²) >= 11 is 0. The number of benzene rings is 1. The molecule has 0 saturated heterocycles. The fourth-order valence-electron chi connectivity index (χ4n) is 1.11. The number of sulfonamides is 1. The molecular formula is C11H18N2O3S. The molecule has 1 aromatic carbocycles. The quantitative estimate of drug-likeness (QED) is 0.810. The maximum atomic E-state index is 11.9. The van der Waals surface area contributed by atoms with Crippen molar-refractivity contribution in [2.75, 3.05) is 17.6 Å². The Balaban J connectivity index is 3.02. The summed E-state index contributed by atoms with van der Waals surface area (Å²) in [4.78, 5) is 0. The van der Waals surface area contributed by atoms with E-state index in [1.807, 2.05) is 0 Å². The molecule has 3 N–H and O–H groups in total. The Morgan fingerprint density at radius 1 is 1.29 bits per heavy atom. The van der Waals surface area contributed by atoms with Gasteiger partial charge in [-0.3, -0.25) is 4.72 Å². The maximum absolute atomic E-state index is 11.9. The average molecular weight is 258 g/mol. The largest absolute Gasteiger partial charge is 0.495 e. The normalized spacial score (nSPS) is 12.2. The van der Waals surface area contributed by atoms with Crippen molar-refractivity contribution in [2.24, 2.45) is 0 Å². The monoisotopic (exact) mass is 258 g/mol. The highest BCUT2D eigenvalue weighted by Gasteiger charge is 2.28. The van der Waals surface area contributed by atoms with Gasteiger partial charge in [-0.2, -0.15) is 0 Å². The molecule has 0 amide bonds. The van der Waals surface area contributed by atoms with Crippen LogP contribution in [0, 0.1) is 0 Å². The van der Waals surface area contributed by atoms with Crippen LogP contribution < -0.4 is 15.2 Å². The zero-order valence-electron chi connectivity index (χ0n) is 10.4. The molecule has 0 aliphatic heterocycles. The molecule has 0 atom stereocenters. The Morgan fingerprint density at radius 3 is 2.29 bits per heavy atom. The Morgan fingerprint density at radius 2 is 1.88 bits per heavy atom. The highest BCUT2D eigenvalue weighted by molar-refractivity contribution is 7.94. The van der Waals surface area contributed by atoms with Gasteiger partial charge in [0.15, 0.2) is 0 Å². The minimum absolute atomic E-state index is 0.390. The van der Waals surface area contributed by atoms with Crippen LogP contribution in [0.5, 0.6) is 5.75 Å². The van der Waals surface area contributed by atoms with Gasteiger partial charge in [-0.15, -0.1) is 0 Å². The van der Waals surface area contributed by atoms with Crippen LogP contribution in [0.3, 0.4) is 0 Å². The third kappa shape index (κ3) is 3.03. The minimum Gasteiger partial charge on any atom is -0.495 e. The lowest BCUT2D eigenvalue weighted by atomic mass is 10.2. The lowest BCUT2D eigenvalue weighted by Crippen LogP contribution is -2.33. The van der Waals surface area contributed by atoms with Crippen LogP contribution in [0.2, 0.25) is 0 Å². The van der Waals surface area contributed by atoms with Gasteiger partial charge in [0, 0.05) is 0 Å². The zero-order chi connectivity index (χ0) is 13.3. The molecule has 1 rings (SSSR count). The van der Waals surface area contributed by atoms with Crippen LogP contribution in [0.4, 0.5) is 11.4 Å². The van der Waals surface area contributed by atoms with Gasteiger partial charge < -0.3 is 10.5 Å². The SMILES string of the molecule is COc1ccc(NS(=O)(=O)C(C)(C)C)cc1N. The van der Waals surface area contributed by atoms with Crippen molar-refractivity contribution in [2.45, 2.75) is 25.5 Å². The van der Waals surface area contributed by atoms with Gasteiger partial charge >= 0.3 is 0 Å². The van der Waals surface area contributed by atoms with E-state index in [0.717, 1.165) is 0 Å². The number of ether oxygens (including phenoxy) is 1. The first-order valence-corrected chi connectivity index (χ1v) is 6.61. The Kier molecular flexibility index (Phi) is 3.56. The number of nitrogens with two attached hydrogens (primary N) is 1. The third-order valence-corrected chi connectivity index (χ3v) is 4.40. The van der Waals surface area contributed by atoms with E-state index in [-0.39, 0.29) is 0 Å². The topological polar surface area (TPSA) is 81.4 Å². The van der Waals surface area contributed by atoms with Crippen molar-refractivity contribution < 1.29 is 13.2 Å². The summed E-state index contributed by atoms with van der Waals surface area (Å²) in [5.74, 6) is 0.517. The van der Waals surface area contributed by atoms with Crippen molar-refractivity contribution in [1.29, 1.82) is 0 Å². The van der Waals surface area contributed by atoms with Crippen molar-refractivity contribution in [3.63, 3.8) is 0 Å². The number of nitrogens with one attached hydrogen (secondary N) is 1. The average Bonchev–Trinajstić information content (AvgIpc) is 2.15. The summed E-state index contributed by atoms with van der Waals surface area (Å²) in [7, 11) is -1.93. The second kappa shape index (κ2) is 4.44. The first-order valence-electron chi connectivity index (χ1n) is 5.13. The summed E-state index contributed by atoms with van der Waals surface area (Å²) < 4.78 is 30.4. The zero-order valence-corrected chi connectivity index (χ0v) is 11.3. The molecule has 0 spiro atoms. The summed E-state index contributed by atoms with van der Waals surface area (Å²) in [6.07, 6.45) is 0. The van der Waals surface area contributed by atoms with Crippen molar-refractivity contribution in [3.8, 4) is 5.75 Å². The predicted octanol–water partition coefficient (Wildman–Crippen LogP) is 1.82. The fraction of sp³-hybridized carbons (Fsp3) is 0.455. The van der Waals surface area contributed by atoms with Gasteiger partial charge in [0.1, 0.15) is 5.75 Å². The number of hydrogen-bond acceptors (Lipinski definition) is 4. The van der Waals surface area contributed by atoms with Crippen LogP contribution >= 0.6 is 0 Å². The van der Waals surface area contributed by atoms with Gasteiger partial charge in [0.05, 0.1) is 23.2 Å². The number of hydrogen-bond donors (Lipinski definition) is 2. The molecular weight excluding hydrogens is 240 g/mol. The highest BCUT2D eigenvalue weighted by Crippen LogP contribution is 2.26. The summed E-state index contributed by atoms with van der Waals surface area (Å²) in [6.45, 7) is 4.88. The molecule has 96 valence electrons. The van der Waals surface area contributed by atoms with Gasteiger partial charge in [0.2, 0.25) is 10.0 Å². The Hall–Kier alpha value is -1.43. The highest BCUT2D eigenvalue weighted by atomic mass is 32.2. The smallest absolute Gasteiger partial charge is 0.237 e. The van der Waals surface area contributed by atoms with Crippen LogP contribution in [-0.2, 0) is 10.0 Å². The van der Waals surface area contributed by atoms with Crippen LogP contribution in [0.1, 0.15) is 20.8 Å². The van der Waals surface area contributed by atoms with Crippen LogP contribution in [0.25, 0.3) is 0 Å². The molecule has 0 aliphatic carbocycles. The second-order valence-electron chi connectivity index (χ2n) is 4.67. The number of anilines is 2. The lowest BCUT2D eigenvalue weighted by molar-refractivity contribution is 0.417. The molecule has 0 unspecified atom stereocenters. The van der Waals surface area contributed by atoms with Crippen LogP contribution in [-0.4, -0.2) is 20.3 Å². The van der Waals surface area contributed by atoms with E-state index in [1.165, 1.54) is 13.2 Å². The maximum Gasteiger partial charge on any atom is 0.237 e. The van der Waals surface area contributed by atoms with Crippen molar-refractivity contribution >= 4 is 21.4 Å². The molecule has 0 bridgehead atoms. The van der Waals surface area contributed by atoms with E-state index < -0.39 is 14.8 Å². The van der Waals surface area contributed by atoms with E-state index in [4.69, 9.17) is 10.5 Å². The first-order chi connectivity index (χ1) is 7.67.